The molecule has 0 saturated carbocycles. The number of carbonyl (C=O) groups excluding carboxylic acids is 1. The topological polar surface area (TPSA) is 77.2 Å². The summed E-state index contributed by atoms with van der Waals surface area (Å²) in [6, 6.07) is 24.3. The highest BCUT2D eigenvalue weighted by Gasteiger charge is 2.12. The van der Waals surface area contributed by atoms with Crippen LogP contribution in [0, 0.1) is 0 Å². The fraction of sp³-hybridized carbons (Fsp3) is 0.0870. The number of methoxy groups -OCH3 is 1. The minimum absolute atomic E-state index is 0.223. The summed E-state index contributed by atoms with van der Waals surface area (Å²) >= 11 is 0. The molecule has 0 aliphatic carbocycles. The number of para-hydroxylation sites is 1. The first kappa shape index (κ1) is 18.4. The van der Waals surface area contributed by atoms with E-state index in [1.807, 2.05) is 60.7 Å². The van der Waals surface area contributed by atoms with Gasteiger partial charge in [-0.1, -0.05) is 59.8 Å². The summed E-state index contributed by atoms with van der Waals surface area (Å²) in [5.74, 6) is 1.42. The van der Waals surface area contributed by atoms with Crippen LogP contribution in [0.2, 0.25) is 0 Å². The van der Waals surface area contributed by atoms with Crippen molar-refractivity contribution < 1.29 is 14.1 Å². The van der Waals surface area contributed by atoms with Crippen molar-refractivity contribution in [1.29, 1.82) is 0 Å². The number of nitrogens with one attached hydrogen (secondary N) is 1. The summed E-state index contributed by atoms with van der Waals surface area (Å²) < 4.78 is 10.6. The number of carbonyl (C=O) groups is 1. The predicted octanol–water partition coefficient (Wildman–Crippen LogP) is 4.59. The lowest BCUT2D eigenvalue weighted by atomic mass is 10.1. The number of amides is 1. The van der Waals surface area contributed by atoms with Crippen LogP contribution >= 0.6 is 0 Å². The molecule has 0 radical (unpaired) electrons. The molecule has 1 amide bonds. The average Bonchev–Trinajstić information content (AvgIpc) is 3.24. The first-order chi connectivity index (χ1) is 14.2. The number of ether oxygens (including phenoxy) is 1. The first-order valence-corrected chi connectivity index (χ1v) is 9.14. The van der Waals surface area contributed by atoms with Crippen LogP contribution in [-0.2, 0) is 6.42 Å². The Balaban J connectivity index is 1.42. The minimum atomic E-state index is -0.223. The van der Waals surface area contributed by atoms with E-state index in [-0.39, 0.29) is 5.91 Å². The van der Waals surface area contributed by atoms with Gasteiger partial charge in [-0.2, -0.15) is 4.98 Å². The van der Waals surface area contributed by atoms with Crippen LogP contribution in [0.4, 0.5) is 5.69 Å². The van der Waals surface area contributed by atoms with Crippen LogP contribution in [0.15, 0.2) is 83.4 Å². The van der Waals surface area contributed by atoms with E-state index in [0.717, 1.165) is 11.1 Å². The molecular formula is C23H19N3O3. The summed E-state index contributed by atoms with van der Waals surface area (Å²) in [5, 5.41) is 6.91. The molecular weight excluding hydrogens is 366 g/mol. The van der Waals surface area contributed by atoms with Gasteiger partial charge in [-0.25, -0.2) is 0 Å². The molecule has 3 aromatic carbocycles. The summed E-state index contributed by atoms with van der Waals surface area (Å²) in [4.78, 5) is 16.9. The van der Waals surface area contributed by atoms with Gasteiger partial charge in [0.15, 0.2) is 0 Å². The number of hydrogen-bond donors (Lipinski definition) is 1. The second-order valence-corrected chi connectivity index (χ2v) is 6.41. The number of anilines is 1. The van der Waals surface area contributed by atoms with E-state index in [2.05, 4.69) is 15.5 Å². The first-order valence-electron chi connectivity index (χ1n) is 9.14. The molecule has 0 fully saturated rings. The zero-order valence-corrected chi connectivity index (χ0v) is 15.8. The molecule has 6 heteroatoms. The Labute approximate surface area is 168 Å². The van der Waals surface area contributed by atoms with E-state index in [9.17, 15) is 4.79 Å². The van der Waals surface area contributed by atoms with E-state index in [0.29, 0.717) is 35.1 Å². The van der Waals surface area contributed by atoms with Crippen LogP contribution in [0.1, 0.15) is 21.8 Å². The molecule has 0 bridgehead atoms. The van der Waals surface area contributed by atoms with Crippen molar-refractivity contribution in [1.82, 2.24) is 10.1 Å². The van der Waals surface area contributed by atoms with Gasteiger partial charge in [0.25, 0.3) is 5.91 Å². The van der Waals surface area contributed by atoms with E-state index >= 15 is 0 Å². The van der Waals surface area contributed by atoms with Gasteiger partial charge in [0, 0.05) is 11.3 Å². The van der Waals surface area contributed by atoms with Crippen molar-refractivity contribution in [3.05, 3.63) is 95.9 Å². The van der Waals surface area contributed by atoms with Gasteiger partial charge in [-0.05, 0) is 29.8 Å². The summed E-state index contributed by atoms with van der Waals surface area (Å²) in [5.41, 5.74) is 3.10. The lowest BCUT2D eigenvalue weighted by molar-refractivity contribution is 0.102. The minimum Gasteiger partial charge on any atom is -0.496 e. The van der Waals surface area contributed by atoms with Crippen molar-refractivity contribution in [2.75, 3.05) is 12.4 Å². The van der Waals surface area contributed by atoms with Crippen LogP contribution < -0.4 is 10.1 Å². The summed E-state index contributed by atoms with van der Waals surface area (Å²) in [6.07, 6.45) is 0.514. The van der Waals surface area contributed by atoms with Crippen molar-refractivity contribution in [3.8, 4) is 17.1 Å². The van der Waals surface area contributed by atoms with E-state index in [1.165, 1.54) is 0 Å². The Hall–Kier alpha value is -3.93. The zero-order valence-electron chi connectivity index (χ0n) is 15.8. The zero-order chi connectivity index (χ0) is 20.1. The van der Waals surface area contributed by atoms with Crippen LogP contribution in [0.3, 0.4) is 0 Å². The standard InChI is InChI=1S/C23H19N3O3/c1-28-20-10-6-5-9-19(20)23(27)24-18-13-11-16(12-14-18)15-21-25-22(26-29-21)17-7-3-2-4-8-17/h2-14H,15H2,1H3,(H,24,27). The SMILES string of the molecule is COc1ccccc1C(=O)Nc1ccc(Cc2nc(-c3ccccc3)no2)cc1. The van der Waals surface area contributed by atoms with Crippen molar-refractivity contribution in [2.24, 2.45) is 0 Å². The molecule has 1 aromatic heterocycles. The lowest BCUT2D eigenvalue weighted by Crippen LogP contribution is -2.13. The maximum atomic E-state index is 12.5. The Kier molecular flexibility index (Phi) is 5.33. The molecule has 144 valence electrons. The quantitative estimate of drug-likeness (QED) is 0.525. The van der Waals surface area contributed by atoms with E-state index < -0.39 is 0 Å². The van der Waals surface area contributed by atoms with Crippen molar-refractivity contribution in [2.45, 2.75) is 6.42 Å². The van der Waals surface area contributed by atoms with Crippen molar-refractivity contribution in [3.63, 3.8) is 0 Å². The maximum absolute atomic E-state index is 12.5. The summed E-state index contributed by atoms with van der Waals surface area (Å²) in [7, 11) is 1.54. The average molecular weight is 385 g/mol. The van der Waals surface area contributed by atoms with Crippen LogP contribution in [0.25, 0.3) is 11.4 Å². The molecule has 0 aliphatic rings. The van der Waals surface area contributed by atoms with E-state index in [4.69, 9.17) is 9.26 Å². The monoisotopic (exact) mass is 385 g/mol. The molecule has 1 heterocycles. The third-order valence-electron chi connectivity index (χ3n) is 4.42. The van der Waals surface area contributed by atoms with Gasteiger partial charge in [-0.15, -0.1) is 0 Å². The Morgan fingerprint density at radius 3 is 2.45 bits per heavy atom. The Morgan fingerprint density at radius 2 is 1.69 bits per heavy atom. The lowest BCUT2D eigenvalue weighted by Gasteiger charge is -2.09. The third kappa shape index (κ3) is 4.32. The molecule has 29 heavy (non-hydrogen) atoms. The molecule has 1 N–H and O–H groups in total. The van der Waals surface area contributed by atoms with Gasteiger partial charge in [0.1, 0.15) is 5.75 Å². The largest absolute Gasteiger partial charge is 0.496 e. The maximum Gasteiger partial charge on any atom is 0.259 e. The second kappa shape index (κ2) is 8.39. The van der Waals surface area contributed by atoms with Gasteiger partial charge >= 0.3 is 0 Å². The van der Waals surface area contributed by atoms with Gasteiger partial charge in [0.2, 0.25) is 11.7 Å². The number of aromatic nitrogens is 2. The normalized spacial score (nSPS) is 10.5. The predicted molar refractivity (Wildman–Crippen MR) is 110 cm³/mol. The molecule has 0 aliphatic heterocycles. The molecule has 0 spiro atoms. The molecule has 6 nitrogen and oxygen atoms in total. The number of benzene rings is 3. The van der Waals surface area contributed by atoms with Gasteiger partial charge < -0.3 is 14.6 Å². The molecule has 4 rings (SSSR count). The molecule has 0 unspecified atom stereocenters. The number of hydrogen-bond acceptors (Lipinski definition) is 5. The summed E-state index contributed by atoms with van der Waals surface area (Å²) in [6.45, 7) is 0. The molecule has 4 aromatic rings. The Bertz CT molecular complexity index is 1110. The Morgan fingerprint density at radius 1 is 0.966 bits per heavy atom. The van der Waals surface area contributed by atoms with Crippen LogP contribution in [-0.4, -0.2) is 23.2 Å². The van der Waals surface area contributed by atoms with Gasteiger partial charge in [0.05, 0.1) is 19.1 Å². The highest BCUT2D eigenvalue weighted by atomic mass is 16.5. The van der Waals surface area contributed by atoms with Crippen LogP contribution in [0.5, 0.6) is 5.75 Å². The van der Waals surface area contributed by atoms with Crippen molar-refractivity contribution >= 4 is 11.6 Å². The number of rotatable bonds is 6. The smallest absolute Gasteiger partial charge is 0.259 e. The second-order valence-electron chi connectivity index (χ2n) is 6.41. The van der Waals surface area contributed by atoms with E-state index in [1.54, 1.807) is 25.3 Å². The fourth-order valence-corrected chi connectivity index (χ4v) is 2.94. The van der Waals surface area contributed by atoms with Gasteiger partial charge in [-0.3, -0.25) is 4.79 Å². The fourth-order valence-electron chi connectivity index (χ4n) is 2.94. The molecule has 0 saturated heterocycles. The third-order valence-corrected chi connectivity index (χ3v) is 4.42. The number of nitrogens with zero attached hydrogens (tertiary/aromatic N) is 2. The highest BCUT2D eigenvalue weighted by molar-refractivity contribution is 6.06. The molecule has 0 atom stereocenters. The highest BCUT2D eigenvalue weighted by Crippen LogP contribution is 2.20.